The van der Waals surface area contributed by atoms with Crippen LogP contribution in [0.25, 0.3) is 0 Å². The molecule has 1 saturated carbocycles. The lowest BCUT2D eigenvalue weighted by molar-refractivity contribution is -0.166. The zero-order chi connectivity index (χ0) is 19.6. The Kier molecular flexibility index (Phi) is 5.59. The summed E-state index contributed by atoms with van der Waals surface area (Å²) in [5.74, 6) is -0.991. The van der Waals surface area contributed by atoms with Crippen LogP contribution in [0.5, 0.6) is 0 Å². The topological polar surface area (TPSA) is 88.1 Å². The first-order chi connectivity index (χ1) is 12.1. The maximum atomic E-state index is 12.9. The predicted molar refractivity (Wildman–Crippen MR) is 85.3 cm³/mol. The molecular weight excluding hydrogens is 353 g/mol. The van der Waals surface area contributed by atoms with E-state index in [-0.39, 0.29) is 18.0 Å². The second-order valence-corrected chi connectivity index (χ2v) is 6.33. The largest absolute Gasteiger partial charge is 0.406 e. The fourth-order valence-electron chi connectivity index (χ4n) is 2.81. The van der Waals surface area contributed by atoms with Crippen LogP contribution in [0.4, 0.5) is 13.2 Å². The highest BCUT2D eigenvalue weighted by molar-refractivity contribution is 5.76. The molecule has 26 heavy (non-hydrogen) atoms. The van der Waals surface area contributed by atoms with Crippen LogP contribution in [0.1, 0.15) is 32.3 Å². The van der Waals surface area contributed by atoms with Crippen LogP contribution in [0.2, 0.25) is 0 Å². The van der Waals surface area contributed by atoms with Gasteiger partial charge in [0.15, 0.2) is 0 Å². The SMILES string of the molecule is CCn1cc(C#N)c(=O)n(CC(=O)N(CC(F)(F)F)[C@H](C)C2CC2)c1=O. The van der Waals surface area contributed by atoms with Crippen molar-refractivity contribution in [2.24, 2.45) is 5.92 Å². The summed E-state index contributed by atoms with van der Waals surface area (Å²) in [5.41, 5.74) is -2.17. The Morgan fingerprint density at radius 1 is 1.42 bits per heavy atom. The number of aromatic nitrogens is 2. The fraction of sp³-hybridized carbons (Fsp3) is 0.625. The van der Waals surface area contributed by atoms with E-state index in [1.54, 1.807) is 13.0 Å². The molecule has 1 fully saturated rings. The molecule has 0 spiro atoms. The average Bonchev–Trinajstić information content (AvgIpc) is 3.40. The number of halogens is 3. The molecule has 1 amide bonds. The van der Waals surface area contributed by atoms with Crippen LogP contribution in [0.3, 0.4) is 0 Å². The van der Waals surface area contributed by atoms with E-state index >= 15 is 0 Å². The summed E-state index contributed by atoms with van der Waals surface area (Å²) in [7, 11) is 0. The molecule has 7 nitrogen and oxygen atoms in total. The van der Waals surface area contributed by atoms with E-state index in [1.807, 2.05) is 0 Å². The van der Waals surface area contributed by atoms with Gasteiger partial charge in [0.1, 0.15) is 24.7 Å². The number of nitrogens with zero attached hydrogens (tertiary/aromatic N) is 4. The van der Waals surface area contributed by atoms with Crippen LogP contribution >= 0.6 is 0 Å². The van der Waals surface area contributed by atoms with Crippen molar-refractivity contribution < 1.29 is 18.0 Å². The van der Waals surface area contributed by atoms with Crippen LogP contribution in [0.15, 0.2) is 15.8 Å². The van der Waals surface area contributed by atoms with E-state index in [0.29, 0.717) is 9.47 Å². The number of rotatable bonds is 6. The van der Waals surface area contributed by atoms with E-state index in [4.69, 9.17) is 5.26 Å². The number of carbonyl (C=O) groups excluding carboxylic acids is 1. The minimum atomic E-state index is -4.60. The Morgan fingerprint density at radius 2 is 2.04 bits per heavy atom. The summed E-state index contributed by atoms with van der Waals surface area (Å²) in [4.78, 5) is 37.6. The standard InChI is InChI=1S/C16H19F3N4O3/c1-3-21-7-12(6-20)14(25)22(15(21)26)8-13(24)23(9-16(17,18)19)10(2)11-4-5-11/h7,10-11H,3-5,8-9H2,1-2H3/t10-/m1/s1. The Hall–Kier alpha value is -2.57. The summed E-state index contributed by atoms with van der Waals surface area (Å²) in [6.45, 7) is 0.996. The number of hydrogen-bond donors (Lipinski definition) is 0. The molecule has 1 atom stereocenters. The Labute approximate surface area is 147 Å². The minimum Gasteiger partial charge on any atom is -0.329 e. The van der Waals surface area contributed by atoms with Gasteiger partial charge in [-0.25, -0.2) is 9.36 Å². The van der Waals surface area contributed by atoms with Gasteiger partial charge in [-0.05, 0) is 32.6 Å². The van der Waals surface area contributed by atoms with Crippen molar-refractivity contribution in [3.05, 3.63) is 32.6 Å². The van der Waals surface area contributed by atoms with E-state index < -0.39 is 42.5 Å². The van der Waals surface area contributed by atoms with Crippen molar-refractivity contribution in [2.75, 3.05) is 6.54 Å². The van der Waals surface area contributed by atoms with Crippen LogP contribution in [-0.4, -0.2) is 38.7 Å². The first kappa shape index (κ1) is 19.8. The molecule has 1 aliphatic rings. The zero-order valence-electron chi connectivity index (χ0n) is 14.4. The Bertz CT molecular complexity index is 846. The number of nitriles is 1. The minimum absolute atomic E-state index is 0.0178. The molecule has 10 heteroatoms. The lowest BCUT2D eigenvalue weighted by Crippen LogP contribution is -2.50. The normalized spacial score (nSPS) is 15.4. The average molecular weight is 372 g/mol. The maximum Gasteiger partial charge on any atom is 0.406 e. The number of aryl methyl sites for hydroxylation is 1. The molecule has 0 N–H and O–H groups in total. The fourth-order valence-corrected chi connectivity index (χ4v) is 2.81. The molecule has 1 aromatic heterocycles. The summed E-state index contributed by atoms with van der Waals surface area (Å²) < 4.78 is 40.2. The summed E-state index contributed by atoms with van der Waals surface area (Å²) in [5, 5.41) is 9.00. The predicted octanol–water partition coefficient (Wildman–Crippen LogP) is 1.09. The molecule has 0 aliphatic heterocycles. The number of carbonyl (C=O) groups is 1. The van der Waals surface area contributed by atoms with Gasteiger partial charge in [0.2, 0.25) is 5.91 Å². The van der Waals surface area contributed by atoms with E-state index in [2.05, 4.69) is 0 Å². The lowest BCUT2D eigenvalue weighted by atomic mass is 10.1. The molecular formula is C16H19F3N4O3. The van der Waals surface area contributed by atoms with Gasteiger partial charge in [0.05, 0.1) is 0 Å². The van der Waals surface area contributed by atoms with E-state index in [0.717, 1.165) is 23.6 Å². The van der Waals surface area contributed by atoms with Crippen molar-refractivity contribution in [3.63, 3.8) is 0 Å². The molecule has 0 unspecified atom stereocenters. The lowest BCUT2D eigenvalue weighted by Gasteiger charge is -2.30. The Balaban J connectivity index is 2.38. The van der Waals surface area contributed by atoms with Gasteiger partial charge in [-0.15, -0.1) is 0 Å². The van der Waals surface area contributed by atoms with Crippen molar-refractivity contribution in [2.45, 2.75) is 52.0 Å². The molecule has 142 valence electrons. The molecule has 0 saturated heterocycles. The Morgan fingerprint density at radius 3 is 2.50 bits per heavy atom. The van der Waals surface area contributed by atoms with E-state index in [1.165, 1.54) is 6.92 Å². The number of alkyl halides is 3. The first-order valence-electron chi connectivity index (χ1n) is 8.19. The molecule has 1 aromatic rings. The summed E-state index contributed by atoms with van der Waals surface area (Å²) in [6, 6.07) is 0.985. The molecule has 1 heterocycles. The van der Waals surface area contributed by atoms with E-state index in [9.17, 15) is 27.6 Å². The van der Waals surface area contributed by atoms with Crippen LogP contribution < -0.4 is 11.2 Å². The van der Waals surface area contributed by atoms with Crippen molar-refractivity contribution in [1.82, 2.24) is 14.0 Å². The highest BCUT2D eigenvalue weighted by Crippen LogP contribution is 2.36. The second-order valence-electron chi connectivity index (χ2n) is 6.33. The van der Waals surface area contributed by atoms with Gasteiger partial charge in [-0.1, -0.05) is 0 Å². The monoisotopic (exact) mass is 372 g/mol. The molecule has 0 radical (unpaired) electrons. The highest BCUT2D eigenvalue weighted by Gasteiger charge is 2.40. The summed E-state index contributed by atoms with van der Waals surface area (Å²) >= 11 is 0. The van der Waals surface area contributed by atoms with Crippen molar-refractivity contribution >= 4 is 5.91 Å². The highest BCUT2D eigenvalue weighted by atomic mass is 19.4. The third kappa shape index (κ3) is 4.33. The molecule has 2 rings (SSSR count). The second kappa shape index (κ2) is 7.35. The number of amides is 1. The van der Waals surface area contributed by atoms with Crippen molar-refractivity contribution in [1.29, 1.82) is 5.26 Å². The third-order valence-corrected chi connectivity index (χ3v) is 4.46. The van der Waals surface area contributed by atoms with Gasteiger partial charge in [0, 0.05) is 18.8 Å². The number of hydrogen-bond acceptors (Lipinski definition) is 4. The van der Waals surface area contributed by atoms with Crippen molar-refractivity contribution in [3.8, 4) is 6.07 Å². The van der Waals surface area contributed by atoms with Gasteiger partial charge >= 0.3 is 11.9 Å². The molecule has 1 aliphatic carbocycles. The smallest absolute Gasteiger partial charge is 0.329 e. The zero-order valence-corrected chi connectivity index (χ0v) is 14.4. The summed E-state index contributed by atoms with van der Waals surface area (Å²) in [6.07, 6.45) is -2.06. The quantitative estimate of drug-likeness (QED) is 0.748. The maximum absolute atomic E-state index is 12.9. The van der Waals surface area contributed by atoms with Gasteiger partial charge in [-0.3, -0.25) is 14.2 Å². The third-order valence-electron chi connectivity index (χ3n) is 4.46. The molecule has 0 aromatic carbocycles. The molecule has 0 bridgehead atoms. The van der Waals surface area contributed by atoms with Gasteiger partial charge < -0.3 is 4.90 Å². The van der Waals surface area contributed by atoms with Gasteiger partial charge in [0.25, 0.3) is 5.56 Å². The van der Waals surface area contributed by atoms with Crippen LogP contribution in [-0.2, 0) is 17.9 Å². The van der Waals surface area contributed by atoms with Gasteiger partial charge in [-0.2, -0.15) is 18.4 Å². The first-order valence-corrected chi connectivity index (χ1v) is 8.19. The van der Waals surface area contributed by atoms with Crippen LogP contribution in [0, 0.1) is 17.2 Å².